The zero-order chi connectivity index (χ0) is 32.6. The zero-order valence-corrected chi connectivity index (χ0v) is 25.7. The lowest BCUT2D eigenvalue weighted by Crippen LogP contribution is -2.57. The highest BCUT2D eigenvalue weighted by molar-refractivity contribution is 8.09. The predicted molar refractivity (Wildman–Crippen MR) is 155 cm³/mol. The monoisotopic (exact) mass is 683 g/mol. The normalized spacial score (nSPS) is 23.5. The van der Waals surface area contributed by atoms with Gasteiger partial charge in [-0.2, -0.15) is 8.78 Å². The molecule has 0 bridgehead atoms. The first kappa shape index (κ1) is 34.0. The molecule has 1 aromatic heterocycles. The fourth-order valence-electron chi connectivity index (χ4n) is 4.29. The summed E-state index contributed by atoms with van der Waals surface area (Å²) in [5, 5.41) is 13.8. The van der Waals surface area contributed by atoms with E-state index < -0.39 is 77.9 Å². The maximum atomic E-state index is 15.6. The summed E-state index contributed by atoms with van der Waals surface area (Å²) < 4.78 is 82.0. The van der Waals surface area contributed by atoms with E-state index >= 15 is 8.78 Å². The Morgan fingerprint density at radius 1 is 1.20 bits per heavy atom. The van der Waals surface area contributed by atoms with E-state index in [1.807, 2.05) is 6.07 Å². The molecule has 3 N–H and O–H groups in total. The number of esters is 1. The van der Waals surface area contributed by atoms with Gasteiger partial charge in [0.15, 0.2) is 12.3 Å². The Morgan fingerprint density at radius 2 is 1.86 bits per heavy atom. The van der Waals surface area contributed by atoms with Crippen LogP contribution < -0.4 is 20.9 Å². The Bertz CT molecular complexity index is 1710. The molecule has 2 heterocycles. The highest BCUT2D eigenvalue weighted by Crippen LogP contribution is 2.54. The van der Waals surface area contributed by atoms with E-state index in [1.54, 1.807) is 43.1 Å². The molecule has 240 valence electrons. The molecule has 0 spiro atoms. The molecule has 1 fully saturated rings. The van der Waals surface area contributed by atoms with E-state index in [-0.39, 0.29) is 10.3 Å². The second-order valence-corrected chi connectivity index (χ2v) is 13.7. The van der Waals surface area contributed by atoms with Crippen LogP contribution in [0.3, 0.4) is 0 Å². The van der Waals surface area contributed by atoms with Crippen LogP contribution in [0.25, 0.3) is 10.8 Å². The number of rotatable bonds is 11. The van der Waals surface area contributed by atoms with Gasteiger partial charge in [-0.3, -0.25) is 19.1 Å². The minimum Gasteiger partial charge on any atom is -0.462 e. The van der Waals surface area contributed by atoms with E-state index in [2.05, 4.69) is 5.09 Å². The van der Waals surface area contributed by atoms with E-state index in [9.17, 15) is 28.3 Å². The van der Waals surface area contributed by atoms with Gasteiger partial charge in [-0.25, -0.2) is 18.7 Å². The Balaban J connectivity index is 1.70. The van der Waals surface area contributed by atoms with Crippen LogP contribution in [0, 0.1) is 0 Å². The largest absolute Gasteiger partial charge is 0.462 e. The maximum Gasteiger partial charge on any atom is 0.330 e. The molecule has 2 aromatic carbocycles. The molecular formula is C26H27ClF4N3O8PS. The standard InChI is InChI=1S/C26H27ClF4N3O8PS/c1-13(2)40-22(37)14(3)33-43(44,42-17-9-8-15-6-4-5-7-16(15)10-17)39-12-25(23(28)29)26(30,31)19(35)21(41-25)34-11-18(27)20(36)32-24(34)38/h4-11,13-14,19,21,23,35H,12H2,1-3H3,(H,33,44)(H,32,36,38)/t14-,19-,21+,25-,43?/m0/s1. The number of aliphatic hydroxyl groups is 1. The average molecular weight is 684 g/mol. The number of nitrogens with one attached hydrogen (secondary N) is 2. The third-order valence-corrected chi connectivity index (χ3v) is 9.29. The first-order valence-corrected chi connectivity index (χ1v) is 16.0. The van der Waals surface area contributed by atoms with Gasteiger partial charge in [-0.1, -0.05) is 41.9 Å². The number of aliphatic hydroxyl groups excluding tert-OH is 1. The van der Waals surface area contributed by atoms with Crippen molar-refractivity contribution in [2.24, 2.45) is 0 Å². The van der Waals surface area contributed by atoms with E-state index in [1.165, 1.54) is 19.1 Å². The summed E-state index contributed by atoms with van der Waals surface area (Å²) in [6.07, 6.45) is -9.48. The average Bonchev–Trinajstić information content (AvgIpc) is 3.14. The number of aromatic amines is 1. The molecule has 4 rings (SSSR count). The predicted octanol–water partition coefficient (Wildman–Crippen LogP) is 4.12. The van der Waals surface area contributed by atoms with Gasteiger partial charge >= 0.3 is 24.2 Å². The van der Waals surface area contributed by atoms with Crippen molar-refractivity contribution in [3.05, 3.63) is 74.5 Å². The summed E-state index contributed by atoms with van der Waals surface area (Å²) in [4.78, 5) is 38.2. The molecule has 1 aliphatic heterocycles. The van der Waals surface area contributed by atoms with Crippen LogP contribution in [0.2, 0.25) is 5.02 Å². The number of aromatic nitrogens is 2. The molecule has 3 aromatic rings. The number of halogens is 5. The van der Waals surface area contributed by atoms with Gasteiger partial charge in [-0.15, -0.1) is 0 Å². The molecule has 0 aliphatic carbocycles. The molecule has 1 saturated heterocycles. The first-order valence-electron chi connectivity index (χ1n) is 12.9. The van der Waals surface area contributed by atoms with Crippen LogP contribution in [0.5, 0.6) is 5.75 Å². The molecule has 44 heavy (non-hydrogen) atoms. The molecule has 5 atom stereocenters. The number of carbonyl (C=O) groups is 1. The van der Waals surface area contributed by atoms with Gasteiger partial charge in [0.05, 0.1) is 12.7 Å². The van der Waals surface area contributed by atoms with Gasteiger partial charge in [0.25, 0.3) is 12.0 Å². The number of hydrogen-bond donors (Lipinski definition) is 3. The Labute approximate surface area is 257 Å². The number of alkyl halides is 4. The van der Waals surface area contributed by atoms with Crippen molar-refractivity contribution in [1.29, 1.82) is 0 Å². The summed E-state index contributed by atoms with van der Waals surface area (Å²) in [7, 11) is 0. The summed E-state index contributed by atoms with van der Waals surface area (Å²) in [6.45, 7) is -1.39. The lowest BCUT2D eigenvalue weighted by atomic mass is 9.95. The van der Waals surface area contributed by atoms with Gasteiger partial charge in [0.1, 0.15) is 16.8 Å². The minimum atomic E-state index is -4.76. The lowest BCUT2D eigenvalue weighted by molar-refractivity contribution is -0.241. The van der Waals surface area contributed by atoms with Crippen molar-refractivity contribution in [3.63, 3.8) is 0 Å². The van der Waals surface area contributed by atoms with Crippen LogP contribution in [-0.4, -0.2) is 63.4 Å². The molecule has 11 nitrogen and oxygen atoms in total. The van der Waals surface area contributed by atoms with Crippen molar-refractivity contribution in [2.45, 2.75) is 63.2 Å². The fourth-order valence-corrected chi connectivity index (χ4v) is 6.85. The van der Waals surface area contributed by atoms with Crippen molar-refractivity contribution >= 4 is 46.8 Å². The van der Waals surface area contributed by atoms with Crippen LogP contribution in [-0.2, 0) is 30.6 Å². The van der Waals surface area contributed by atoms with E-state index in [0.717, 1.165) is 5.39 Å². The number of hydrogen-bond acceptors (Lipinski definition) is 9. The van der Waals surface area contributed by atoms with Crippen molar-refractivity contribution in [3.8, 4) is 5.75 Å². The minimum absolute atomic E-state index is 0.0569. The smallest absolute Gasteiger partial charge is 0.330 e. The number of H-pyrrole nitrogens is 1. The van der Waals surface area contributed by atoms with Crippen LogP contribution in [0.15, 0.2) is 58.3 Å². The Morgan fingerprint density at radius 3 is 2.50 bits per heavy atom. The molecule has 1 unspecified atom stereocenters. The first-order chi connectivity index (χ1) is 20.5. The number of fused-ring (bicyclic) bond motifs is 1. The van der Waals surface area contributed by atoms with Gasteiger partial charge in [0, 0.05) is 6.20 Å². The number of benzene rings is 2. The molecule has 1 aliphatic rings. The fraction of sp³-hybridized carbons (Fsp3) is 0.423. The van der Waals surface area contributed by atoms with Crippen molar-refractivity contribution in [1.82, 2.24) is 14.6 Å². The van der Waals surface area contributed by atoms with Crippen LogP contribution in [0.4, 0.5) is 17.6 Å². The molecule has 0 saturated carbocycles. The van der Waals surface area contributed by atoms with Gasteiger partial charge in [0.2, 0.25) is 5.60 Å². The highest BCUT2D eigenvalue weighted by Gasteiger charge is 2.74. The van der Waals surface area contributed by atoms with Crippen LogP contribution in [0.1, 0.15) is 27.0 Å². The summed E-state index contributed by atoms with van der Waals surface area (Å²) in [5.41, 5.74) is -6.34. The summed E-state index contributed by atoms with van der Waals surface area (Å²) >= 11 is 11.2. The third-order valence-electron chi connectivity index (χ3n) is 6.54. The SMILES string of the molecule is CC(C)OC(=O)[C@H](C)NP(=S)(OC[C@@]1(C(F)F)O[C@@H](n2cc(Cl)c(=O)[nH]c2=O)[C@H](O)C1(F)F)Oc1ccc2ccccc2c1. The highest BCUT2D eigenvalue weighted by atomic mass is 35.5. The van der Waals surface area contributed by atoms with Crippen molar-refractivity contribution in [2.75, 3.05) is 6.61 Å². The van der Waals surface area contributed by atoms with Gasteiger partial charge in [-0.05, 0) is 55.5 Å². The van der Waals surface area contributed by atoms with Gasteiger partial charge < -0.3 is 23.6 Å². The molecule has 18 heteroatoms. The summed E-state index contributed by atoms with van der Waals surface area (Å²) in [6, 6.07) is 10.5. The maximum absolute atomic E-state index is 15.6. The number of carbonyl (C=O) groups excluding carboxylic acids is 1. The van der Waals surface area contributed by atoms with E-state index in [0.29, 0.717) is 11.6 Å². The van der Waals surface area contributed by atoms with Crippen molar-refractivity contribution < 1.29 is 46.0 Å². The number of nitrogens with zero attached hydrogens (tertiary/aromatic N) is 1. The second-order valence-electron chi connectivity index (χ2n) is 10.1. The summed E-state index contributed by atoms with van der Waals surface area (Å²) in [5.74, 6) is -5.53. The molecular weight excluding hydrogens is 657 g/mol. The topological polar surface area (TPSA) is 141 Å². The number of ether oxygens (including phenoxy) is 2. The second kappa shape index (κ2) is 12.9. The molecule has 0 radical (unpaired) electrons. The zero-order valence-electron chi connectivity index (χ0n) is 23.2. The lowest BCUT2D eigenvalue weighted by Gasteiger charge is -2.35. The third kappa shape index (κ3) is 6.71. The van der Waals surface area contributed by atoms with Crippen LogP contribution >= 0.6 is 18.2 Å². The Kier molecular flexibility index (Phi) is 9.95. The Hall–Kier alpha value is -2.85. The quantitative estimate of drug-likeness (QED) is 0.154. The van der Waals surface area contributed by atoms with E-state index in [4.69, 9.17) is 41.9 Å². The molecule has 0 amide bonds.